The Kier molecular flexibility index (Phi) is 17.2. The zero-order chi connectivity index (χ0) is 33.5. The summed E-state index contributed by atoms with van der Waals surface area (Å²) in [5.41, 5.74) is 0. The lowest BCUT2D eigenvalue weighted by Gasteiger charge is -2.42. The molecule has 13 nitrogen and oxygen atoms in total. The minimum absolute atomic E-state index is 0.00129. The molecule has 46 heavy (non-hydrogen) atoms. The quantitative estimate of drug-likeness (QED) is 0.110. The highest BCUT2D eigenvalue weighted by Gasteiger charge is 2.45. The second-order valence-corrected chi connectivity index (χ2v) is 13.2. The highest BCUT2D eigenvalue weighted by Crippen LogP contribution is 2.31. The van der Waals surface area contributed by atoms with Crippen LogP contribution in [0.2, 0.25) is 0 Å². The second-order valence-electron chi connectivity index (χ2n) is 13.2. The summed E-state index contributed by atoms with van der Waals surface area (Å²) in [5, 5.41) is 45.1. The molecular formula is C33H59N3O10. The maximum Gasteiger partial charge on any atom is 0.222 e. The second kappa shape index (κ2) is 20.5. The number of carbonyl (C=O) groups is 3. The minimum atomic E-state index is -1.36. The van der Waals surface area contributed by atoms with Crippen molar-refractivity contribution in [3.8, 4) is 0 Å². The first-order valence-electron chi connectivity index (χ1n) is 17.5. The van der Waals surface area contributed by atoms with Crippen molar-refractivity contribution < 1.29 is 49.0 Å². The molecular weight excluding hydrogens is 598 g/mol. The van der Waals surface area contributed by atoms with Crippen molar-refractivity contribution in [1.29, 1.82) is 0 Å². The number of likely N-dealkylation sites (tertiary alicyclic amines) is 1. The topological polar surface area (TPSA) is 187 Å². The summed E-state index contributed by atoms with van der Waals surface area (Å²) in [4.78, 5) is 38.5. The average molecular weight is 658 g/mol. The Morgan fingerprint density at radius 1 is 0.913 bits per heavy atom. The molecule has 2 heterocycles. The van der Waals surface area contributed by atoms with Crippen LogP contribution in [-0.2, 0) is 28.6 Å². The summed E-state index contributed by atoms with van der Waals surface area (Å²) in [6.07, 6.45) is 7.23. The largest absolute Gasteiger partial charge is 0.394 e. The van der Waals surface area contributed by atoms with Gasteiger partial charge in [-0.3, -0.25) is 14.4 Å². The molecule has 3 aliphatic rings. The van der Waals surface area contributed by atoms with Crippen LogP contribution in [0, 0.1) is 5.92 Å². The Labute approximate surface area is 273 Å². The smallest absolute Gasteiger partial charge is 0.222 e. The van der Waals surface area contributed by atoms with Crippen molar-refractivity contribution >= 4 is 17.7 Å². The van der Waals surface area contributed by atoms with E-state index in [-0.39, 0.29) is 43.3 Å². The van der Waals surface area contributed by atoms with Crippen LogP contribution in [0.4, 0.5) is 0 Å². The maximum absolute atomic E-state index is 12.9. The first kappa shape index (κ1) is 38.6. The fraction of sp³-hybridized carbons (Fsp3) is 0.909. The molecule has 2 saturated heterocycles. The molecule has 13 heteroatoms. The van der Waals surface area contributed by atoms with E-state index in [0.717, 1.165) is 44.4 Å². The zero-order valence-electron chi connectivity index (χ0n) is 27.8. The third-order valence-electron chi connectivity index (χ3n) is 9.57. The van der Waals surface area contributed by atoms with Crippen molar-refractivity contribution in [1.82, 2.24) is 15.5 Å². The van der Waals surface area contributed by atoms with Crippen LogP contribution in [0.25, 0.3) is 0 Å². The number of aliphatic hydroxyl groups is 4. The number of unbranched alkanes of at least 4 members (excludes halogenated alkanes) is 4. The Morgan fingerprint density at radius 2 is 1.67 bits per heavy atom. The molecule has 7 unspecified atom stereocenters. The summed E-state index contributed by atoms with van der Waals surface area (Å²) in [7, 11) is 0. The highest BCUT2D eigenvalue weighted by atomic mass is 16.7. The first-order chi connectivity index (χ1) is 22.2. The minimum Gasteiger partial charge on any atom is -0.394 e. The third-order valence-corrected chi connectivity index (χ3v) is 9.57. The molecule has 3 fully saturated rings. The Balaban J connectivity index is 1.21. The number of carbonyl (C=O) groups excluding carboxylic acids is 3. The molecule has 3 amide bonds. The predicted octanol–water partition coefficient (Wildman–Crippen LogP) is 1.13. The van der Waals surface area contributed by atoms with E-state index in [9.17, 15) is 34.8 Å². The average Bonchev–Trinajstić information content (AvgIpc) is 3.46. The lowest BCUT2D eigenvalue weighted by atomic mass is 9.85. The van der Waals surface area contributed by atoms with Crippen LogP contribution >= 0.6 is 0 Å². The van der Waals surface area contributed by atoms with E-state index >= 15 is 0 Å². The normalized spacial score (nSPS) is 31.5. The summed E-state index contributed by atoms with van der Waals surface area (Å²) < 4.78 is 17.6. The fourth-order valence-electron chi connectivity index (χ4n) is 6.87. The molecule has 0 radical (unpaired) electrons. The van der Waals surface area contributed by atoms with E-state index in [2.05, 4.69) is 17.6 Å². The van der Waals surface area contributed by atoms with Gasteiger partial charge in [-0.25, -0.2) is 0 Å². The van der Waals surface area contributed by atoms with Gasteiger partial charge >= 0.3 is 0 Å². The summed E-state index contributed by atoms with van der Waals surface area (Å²) in [6, 6.07) is -1.14. The van der Waals surface area contributed by atoms with Gasteiger partial charge in [0.05, 0.1) is 31.5 Å². The molecule has 3 rings (SSSR count). The van der Waals surface area contributed by atoms with Crippen LogP contribution in [-0.4, -0.2) is 125 Å². The summed E-state index contributed by atoms with van der Waals surface area (Å²) >= 11 is 0. The van der Waals surface area contributed by atoms with Gasteiger partial charge in [0.25, 0.3) is 0 Å². The van der Waals surface area contributed by atoms with Gasteiger partial charge in [0.2, 0.25) is 17.7 Å². The van der Waals surface area contributed by atoms with E-state index in [1.807, 2.05) is 0 Å². The standard InChI is InChI=1S/C33H59N3O10/c1-3-23-11-10-12-25(17-23)45-26-18-24(20-37)36(19-26)29(41)14-7-4-8-15-34-28(40)13-6-5-9-16-44-33-30(35-22(2)39)32(43)31(42)27(21-38)46-33/h23-27,30-33,37-38,42-43H,3-21H2,1-2H3,(H,34,40)(H,35,39)/t23?,24-,25?,26+,27?,30?,31?,32?,33?/m0/s1. The summed E-state index contributed by atoms with van der Waals surface area (Å²) in [5.74, 6) is 0.356. The fourth-order valence-corrected chi connectivity index (χ4v) is 6.87. The molecule has 2 aliphatic heterocycles. The molecule has 1 aliphatic carbocycles. The molecule has 0 spiro atoms. The number of nitrogens with one attached hydrogen (secondary N) is 2. The van der Waals surface area contributed by atoms with E-state index in [0.29, 0.717) is 45.2 Å². The summed E-state index contributed by atoms with van der Waals surface area (Å²) in [6.45, 7) is 4.35. The molecule has 6 N–H and O–H groups in total. The van der Waals surface area contributed by atoms with E-state index in [4.69, 9.17) is 14.2 Å². The molecule has 0 aromatic heterocycles. The van der Waals surface area contributed by atoms with Crippen molar-refractivity contribution in [3.05, 3.63) is 0 Å². The van der Waals surface area contributed by atoms with E-state index in [1.165, 1.54) is 26.2 Å². The molecule has 9 atom stereocenters. The van der Waals surface area contributed by atoms with Crippen molar-refractivity contribution in [2.24, 2.45) is 5.92 Å². The van der Waals surface area contributed by atoms with Gasteiger partial charge < -0.3 is 50.2 Å². The molecule has 0 aromatic rings. The molecule has 1 saturated carbocycles. The number of rotatable bonds is 19. The van der Waals surface area contributed by atoms with Gasteiger partial charge in [0.15, 0.2) is 6.29 Å². The number of amides is 3. The highest BCUT2D eigenvalue weighted by molar-refractivity contribution is 5.77. The number of ether oxygens (including phenoxy) is 3. The van der Waals surface area contributed by atoms with Gasteiger partial charge in [-0.05, 0) is 50.9 Å². The first-order valence-corrected chi connectivity index (χ1v) is 17.5. The Morgan fingerprint density at radius 3 is 2.39 bits per heavy atom. The molecule has 266 valence electrons. The lowest BCUT2D eigenvalue weighted by Crippen LogP contribution is -2.64. The maximum atomic E-state index is 12.9. The van der Waals surface area contributed by atoms with E-state index < -0.39 is 43.2 Å². The van der Waals surface area contributed by atoms with Gasteiger partial charge in [-0.2, -0.15) is 0 Å². The SMILES string of the molecule is CCC1CCCC(O[C@@H]2C[C@@H](CO)N(C(=O)CCCCCNC(=O)CCCCCOC3OC(CO)C(O)C(O)C3NC(C)=O)C2)C1. The number of hydrogen-bond acceptors (Lipinski definition) is 10. The van der Waals surface area contributed by atoms with Crippen LogP contribution in [0.5, 0.6) is 0 Å². The van der Waals surface area contributed by atoms with Gasteiger partial charge in [0.1, 0.15) is 24.4 Å². The number of aliphatic hydroxyl groups excluding tert-OH is 4. The van der Waals surface area contributed by atoms with Crippen LogP contribution in [0.1, 0.15) is 104 Å². The molecule has 0 aromatic carbocycles. The van der Waals surface area contributed by atoms with Gasteiger partial charge in [-0.15, -0.1) is 0 Å². The Hall–Kier alpha value is -1.87. The van der Waals surface area contributed by atoms with Crippen molar-refractivity contribution in [3.63, 3.8) is 0 Å². The monoisotopic (exact) mass is 657 g/mol. The van der Waals surface area contributed by atoms with Crippen LogP contribution in [0.15, 0.2) is 0 Å². The molecule has 0 bridgehead atoms. The van der Waals surface area contributed by atoms with E-state index in [1.54, 1.807) is 4.90 Å². The van der Waals surface area contributed by atoms with Crippen molar-refractivity contribution in [2.75, 3.05) is 32.9 Å². The number of nitrogens with zero attached hydrogens (tertiary/aromatic N) is 1. The van der Waals surface area contributed by atoms with Crippen molar-refractivity contribution in [2.45, 2.75) is 153 Å². The van der Waals surface area contributed by atoms with Gasteiger partial charge in [-0.1, -0.05) is 39.0 Å². The third kappa shape index (κ3) is 12.3. The van der Waals surface area contributed by atoms with Crippen LogP contribution < -0.4 is 10.6 Å². The number of hydrogen-bond donors (Lipinski definition) is 6. The lowest BCUT2D eigenvalue weighted by molar-refractivity contribution is -0.270. The van der Waals surface area contributed by atoms with Crippen LogP contribution in [0.3, 0.4) is 0 Å². The Bertz CT molecular complexity index is 926. The van der Waals surface area contributed by atoms with Gasteiger partial charge in [0, 0.05) is 39.5 Å². The predicted molar refractivity (Wildman–Crippen MR) is 169 cm³/mol. The zero-order valence-corrected chi connectivity index (χ0v) is 27.8.